The SMILES string of the molecule is CCN(CC)Cc1cnc2c(C(=O)N(C)Cc3ncc(C)[nH]3)cnn2c1. The van der Waals surface area contributed by atoms with Gasteiger partial charge in [-0.1, -0.05) is 13.8 Å². The van der Waals surface area contributed by atoms with Gasteiger partial charge in [0.15, 0.2) is 5.65 Å². The van der Waals surface area contributed by atoms with Crippen LogP contribution < -0.4 is 0 Å². The Labute approximate surface area is 152 Å². The lowest BCUT2D eigenvalue weighted by Gasteiger charge is -2.17. The van der Waals surface area contributed by atoms with Crippen molar-refractivity contribution in [2.45, 2.75) is 33.9 Å². The van der Waals surface area contributed by atoms with E-state index in [1.807, 2.05) is 19.3 Å². The van der Waals surface area contributed by atoms with E-state index < -0.39 is 0 Å². The minimum atomic E-state index is -0.127. The van der Waals surface area contributed by atoms with Gasteiger partial charge in [-0.15, -0.1) is 0 Å². The van der Waals surface area contributed by atoms with Crippen molar-refractivity contribution >= 4 is 11.6 Å². The molecule has 0 aromatic carbocycles. The molecule has 138 valence electrons. The number of hydrogen-bond acceptors (Lipinski definition) is 5. The molecule has 3 heterocycles. The standard InChI is InChI=1S/C18H25N7O/c1-5-24(6-2)10-14-8-20-17-15(9-21-25(17)11-14)18(26)23(4)12-16-19-7-13(3)22-16/h7-9,11H,5-6,10,12H2,1-4H3,(H,19,22). The summed E-state index contributed by atoms with van der Waals surface area (Å²) in [5.41, 5.74) is 3.10. The van der Waals surface area contributed by atoms with Crippen LogP contribution in [0.1, 0.15) is 41.3 Å². The number of aryl methyl sites for hydroxylation is 1. The molecule has 0 radical (unpaired) electrons. The van der Waals surface area contributed by atoms with Crippen molar-refractivity contribution in [2.75, 3.05) is 20.1 Å². The molecule has 1 amide bonds. The Kier molecular flexibility index (Phi) is 5.32. The summed E-state index contributed by atoms with van der Waals surface area (Å²) in [7, 11) is 1.75. The molecular weight excluding hydrogens is 330 g/mol. The molecule has 0 unspecified atom stereocenters. The lowest BCUT2D eigenvalue weighted by atomic mass is 10.2. The van der Waals surface area contributed by atoms with E-state index in [0.29, 0.717) is 17.8 Å². The molecule has 0 aliphatic rings. The van der Waals surface area contributed by atoms with Crippen LogP contribution in [0, 0.1) is 6.92 Å². The fourth-order valence-electron chi connectivity index (χ4n) is 2.90. The number of nitrogens with zero attached hydrogens (tertiary/aromatic N) is 6. The summed E-state index contributed by atoms with van der Waals surface area (Å²) >= 11 is 0. The first-order chi connectivity index (χ1) is 12.5. The van der Waals surface area contributed by atoms with Crippen LogP contribution >= 0.6 is 0 Å². The number of fused-ring (bicyclic) bond motifs is 1. The normalized spacial score (nSPS) is 11.4. The molecule has 0 bridgehead atoms. The molecular formula is C18H25N7O. The van der Waals surface area contributed by atoms with Gasteiger partial charge < -0.3 is 9.88 Å². The average Bonchev–Trinajstić information content (AvgIpc) is 3.24. The predicted molar refractivity (Wildman–Crippen MR) is 98.7 cm³/mol. The topological polar surface area (TPSA) is 82.4 Å². The van der Waals surface area contributed by atoms with Gasteiger partial charge in [-0.05, 0) is 20.0 Å². The van der Waals surface area contributed by atoms with Crippen LogP contribution in [0.3, 0.4) is 0 Å². The molecule has 0 spiro atoms. The van der Waals surface area contributed by atoms with Crippen LogP contribution in [0.5, 0.6) is 0 Å². The zero-order valence-corrected chi connectivity index (χ0v) is 15.7. The summed E-state index contributed by atoms with van der Waals surface area (Å²) in [5.74, 6) is 0.627. The third kappa shape index (κ3) is 3.75. The maximum atomic E-state index is 12.8. The number of aromatic nitrogens is 5. The quantitative estimate of drug-likeness (QED) is 0.700. The Morgan fingerprint density at radius 2 is 1.92 bits per heavy atom. The molecule has 0 aliphatic heterocycles. The van der Waals surface area contributed by atoms with Gasteiger partial charge in [0.05, 0.1) is 12.7 Å². The van der Waals surface area contributed by atoms with Crippen molar-refractivity contribution in [3.05, 3.63) is 47.4 Å². The third-order valence-corrected chi connectivity index (χ3v) is 4.43. The number of carbonyl (C=O) groups excluding carboxylic acids is 1. The van der Waals surface area contributed by atoms with Crippen molar-refractivity contribution in [1.82, 2.24) is 34.4 Å². The molecule has 0 aliphatic carbocycles. The number of imidazole rings is 1. The Morgan fingerprint density at radius 3 is 2.58 bits per heavy atom. The summed E-state index contributed by atoms with van der Waals surface area (Å²) in [6.45, 7) is 9.39. The Morgan fingerprint density at radius 1 is 1.15 bits per heavy atom. The lowest BCUT2D eigenvalue weighted by molar-refractivity contribution is 0.0783. The van der Waals surface area contributed by atoms with Crippen LogP contribution in [0.4, 0.5) is 0 Å². The van der Waals surface area contributed by atoms with Gasteiger partial charge in [-0.3, -0.25) is 9.69 Å². The van der Waals surface area contributed by atoms with Crippen LogP contribution in [0.25, 0.3) is 5.65 Å². The fraction of sp³-hybridized carbons (Fsp3) is 0.444. The number of hydrogen-bond donors (Lipinski definition) is 1. The Hall–Kier alpha value is -2.74. The number of rotatable bonds is 7. The molecule has 3 aromatic rings. The average molecular weight is 355 g/mol. The third-order valence-electron chi connectivity index (χ3n) is 4.43. The maximum absolute atomic E-state index is 12.8. The van der Waals surface area contributed by atoms with Gasteiger partial charge in [0, 0.05) is 43.4 Å². The number of H-pyrrole nitrogens is 1. The highest BCUT2D eigenvalue weighted by molar-refractivity contribution is 5.99. The molecule has 0 saturated heterocycles. The summed E-state index contributed by atoms with van der Waals surface area (Å²) in [5, 5.41) is 4.32. The van der Waals surface area contributed by atoms with E-state index in [9.17, 15) is 4.79 Å². The Balaban J connectivity index is 1.78. The van der Waals surface area contributed by atoms with E-state index in [0.717, 1.165) is 36.7 Å². The minimum absolute atomic E-state index is 0.127. The second-order valence-electron chi connectivity index (χ2n) is 6.42. The number of carbonyl (C=O) groups is 1. The van der Waals surface area contributed by atoms with Crippen molar-refractivity contribution in [3.8, 4) is 0 Å². The largest absolute Gasteiger partial charge is 0.345 e. The van der Waals surface area contributed by atoms with Crippen molar-refractivity contribution in [1.29, 1.82) is 0 Å². The number of nitrogens with one attached hydrogen (secondary N) is 1. The van der Waals surface area contributed by atoms with Crippen LogP contribution in [-0.2, 0) is 13.1 Å². The van der Waals surface area contributed by atoms with E-state index in [4.69, 9.17) is 0 Å². The molecule has 0 fully saturated rings. The minimum Gasteiger partial charge on any atom is -0.345 e. The van der Waals surface area contributed by atoms with E-state index in [1.165, 1.54) is 0 Å². The van der Waals surface area contributed by atoms with Crippen molar-refractivity contribution < 1.29 is 4.79 Å². The van der Waals surface area contributed by atoms with Gasteiger partial charge in [0.2, 0.25) is 0 Å². The zero-order chi connectivity index (χ0) is 18.7. The smallest absolute Gasteiger partial charge is 0.259 e. The molecule has 3 aromatic heterocycles. The summed E-state index contributed by atoms with van der Waals surface area (Å²) < 4.78 is 1.68. The first-order valence-corrected chi connectivity index (χ1v) is 8.82. The lowest BCUT2D eigenvalue weighted by Crippen LogP contribution is -2.26. The Bertz CT molecular complexity index is 894. The molecule has 1 N–H and O–H groups in total. The van der Waals surface area contributed by atoms with Crippen molar-refractivity contribution in [2.24, 2.45) is 0 Å². The van der Waals surface area contributed by atoms with Crippen molar-refractivity contribution in [3.63, 3.8) is 0 Å². The summed E-state index contributed by atoms with van der Waals surface area (Å²) in [6, 6.07) is 0. The van der Waals surface area contributed by atoms with Crippen LogP contribution in [0.15, 0.2) is 24.8 Å². The predicted octanol–water partition coefficient (Wildman–Crippen LogP) is 1.87. The zero-order valence-electron chi connectivity index (χ0n) is 15.7. The van der Waals surface area contributed by atoms with Gasteiger partial charge in [-0.2, -0.15) is 5.10 Å². The van der Waals surface area contributed by atoms with E-state index >= 15 is 0 Å². The van der Waals surface area contributed by atoms with Gasteiger partial charge in [-0.25, -0.2) is 14.5 Å². The second kappa shape index (κ2) is 7.65. The first-order valence-electron chi connectivity index (χ1n) is 8.82. The molecule has 26 heavy (non-hydrogen) atoms. The number of amides is 1. The van der Waals surface area contributed by atoms with Gasteiger partial charge in [0.25, 0.3) is 5.91 Å². The van der Waals surface area contributed by atoms with Crippen LogP contribution in [-0.4, -0.2) is 60.4 Å². The van der Waals surface area contributed by atoms with Gasteiger partial charge >= 0.3 is 0 Å². The number of aromatic amines is 1. The fourth-order valence-corrected chi connectivity index (χ4v) is 2.90. The first kappa shape index (κ1) is 18.1. The van der Waals surface area contributed by atoms with Crippen LogP contribution in [0.2, 0.25) is 0 Å². The highest BCUT2D eigenvalue weighted by Crippen LogP contribution is 2.13. The highest BCUT2D eigenvalue weighted by Gasteiger charge is 2.19. The molecule has 8 nitrogen and oxygen atoms in total. The van der Waals surface area contributed by atoms with Gasteiger partial charge in [0.1, 0.15) is 11.4 Å². The summed E-state index contributed by atoms with van der Waals surface area (Å²) in [4.78, 5) is 28.5. The monoisotopic (exact) mass is 355 g/mol. The molecule has 8 heteroatoms. The van der Waals surface area contributed by atoms with E-state index in [2.05, 4.69) is 38.8 Å². The van der Waals surface area contributed by atoms with E-state index in [1.54, 1.807) is 28.9 Å². The molecule has 3 rings (SSSR count). The molecule has 0 saturated carbocycles. The summed E-state index contributed by atoms with van der Waals surface area (Å²) in [6.07, 6.45) is 7.09. The highest BCUT2D eigenvalue weighted by atomic mass is 16.2. The van der Waals surface area contributed by atoms with E-state index in [-0.39, 0.29) is 5.91 Å². The maximum Gasteiger partial charge on any atom is 0.259 e. The molecule has 0 atom stereocenters. The second-order valence-corrected chi connectivity index (χ2v) is 6.42.